The molecule has 8 nitrogen and oxygen atoms in total. The number of hydrogen-bond donors (Lipinski definition) is 4. The lowest BCUT2D eigenvalue weighted by Gasteiger charge is -2.05. The van der Waals surface area contributed by atoms with Crippen molar-refractivity contribution in [2.75, 3.05) is 26.2 Å². The molecule has 0 spiro atoms. The van der Waals surface area contributed by atoms with Crippen LogP contribution in [0.4, 0.5) is 0 Å². The number of aliphatic imine (C=N–C) groups is 2. The number of nitrogens with zero attached hydrogens (tertiary/aromatic N) is 4. The van der Waals surface area contributed by atoms with Crippen LogP contribution in [0.3, 0.4) is 0 Å². The molecule has 3 aromatic carbocycles. The molecule has 2 aliphatic rings. The minimum Gasteiger partial charge on any atom is -0.353 e. The Bertz CT molecular complexity index is 1120. The van der Waals surface area contributed by atoms with Crippen LogP contribution < -0.4 is 21.5 Å². The van der Waals surface area contributed by atoms with E-state index in [1.807, 2.05) is 0 Å². The van der Waals surface area contributed by atoms with Crippen LogP contribution in [0.25, 0.3) is 21.5 Å². The molecule has 3 aromatic rings. The molecule has 0 atom stereocenters. The fraction of sp³-hybridized carbons (Fsp3) is 0.182. The van der Waals surface area contributed by atoms with E-state index in [1.54, 1.807) is 12.4 Å². The van der Waals surface area contributed by atoms with Gasteiger partial charge in [0.05, 0.1) is 25.5 Å². The summed E-state index contributed by atoms with van der Waals surface area (Å²) in [6.45, 7) is 3.29. The van der Waals surface area contributed by atoms with Gasteiger partial charge in [0, 0.05) is 13.1 Å². The second kappa shape index (κ2) is 8.20. The van der Waals surface area contributed by atoms with E-state index in [0.717, 1.165) is 49.2 Å². The first kappa shape index (κ1) is 18.1. The molecule has 8 heteroatoms. The zero-order chi connectivity index (χ0) is 20.2. The second-order valence-electron chi connectivity index (χ2n) is 7.12. The Morgan fingerprint density at radius 2 is 1.17 bits per heavy atom. The highest BCUT2D eigenvalue weighted by Crippen LogP contribution is 2.24. The number of nitrogens with one attached hydrogen (secondary N) is 4. The normalized spacial score (nSPS) is 16.1. The van der Waals surface area contributed by atoms with Crippen molar-refractivity contribution in [1.82, 2.24) is 21.5 Å². The van der Waals surface area contributed by atoms with Crippen LogP contribution in [0.15, 0.2) is 68.7 Å². The van der Waals surface area contributed by atoms with Gasteiger partial charge in [0.2, 0.25) is 11.9 Å². The van der Waals surface area contributed by atoms with E-state index in [-0.39, 0.29) is 0 Å². The van der Waals surface area contributed by atoms with Gasteiger partial charge in [0.25, 0.3) is 0 Å². The fourth-order valence-corrected chi connectivity index (χ4v) is 3.48. The Morgan fingerprint density at radius 1 is 0.667 bits per heavy atom. The molecular formula is C22H22N8. The van der Waals surface area contributed by atoms with Gasteiger partial charge in [0.1, 0.15) is 0 Å². The summed E-state index contributed by atoms with van der Waals surface area (Å²) < 4.78 is 0. The summed E-state index contributed by atoms with van der Waals surface area (Å²) in [4.78, 5) is 8.52. The van der Waals surface area contributed by atoms with Crippen molar-refractivity contribution in [3.63, 3.8) is 0 Å². The highest BCUT2D eigenvalue weighted by atomic mass is 15.4. The molecule has 2 aliphatic heterocycles. The number of hydrazone groups is 2. The third-order valence-corrected chi connectivity index (χ3v) is 4.96. The maximum Gasteiger partial charge on any atom is 0.212 e. The number of rotatable bonds is 4. The number of benzene rings is 3. The van der Waals surface area contributed by atoms with E-state index in [0.29, 0.717) is 0 Å². The molecule has 0 amide bonds. The first-order valence-electron chi connectivity index (χ1n) is 9.96. The van der Waals surface area contributed by atoms with Gasteiger partial charge in [-0.1, -0.05) is 24.3 Å². The number of guanidine groups is 2. The molecule has 0 radical (unpaired) electrons. The zero-order valence-electron chi connectivity index (χ0n) is 16.4. The molecule has 0 saturated heterocycles. The molecule has 0 aromatic heterocycles. The lowest BCUT2D eigenvalue weighted by Crippen LogP contribution is -2.30. The lowest BCUT2D eigenvalue weighted by atomic mass is 10.0. The smallest absolute Gasteiger partial charge is 0.212 e. The van der Waals surface area contributed by atoms with Crippen molar-refractivity contribution < 1.29 is 0 Å². The molecule has 0 saturated carbocycles. The van der Waals surface area contributed by atoms with Gasteiger partial charge < -0.3 is 10.6 Å². The molecule has 5 rings (SSSR count). The van der Waals surface area contributed by atoms with E-state index >= 15 is 0 Å². The maximum atomic E-state index is 4.27. The molecule has 2 heterocycles. The third kappa shape index (κ3) is 4.07. The first-order chi connectivity index (χ1) is 14.8. The van der Waals surface area contributed by atoms with Crippen LogP contribution in [-0.4, -0.2) is 50.5 Å². The fourth-order valence-electron chi connectivity index (χ4n) is 3.48. The Morgan fingerprint density at radius 3 is 1.63 bits per heavy atom. The minimum absolute atomic E-state index is 0.720. The van der Waals surface area contributed by atoms with Crippen molar-refractivity contribution in [1.29, 1.82) is 0 Å². The van der Waals surface area contributed by atoms with E-state index in [9.17, 15) is 0 Å². The van der Waals surface area contributed by atoms with Gasteiger partial charge in [-0.3, -0.25) is 0 Å². The van der Waals surface area contributed by atoms with Crippen LogP contribution in [0.1, 0.15) is 11.1 Å². The Kier molecular flexibility index (Phi) is 4.95. The van der Waals surface area contributed by atoms with Gasteiger partial charge in [-0.05, 0) is 56.9 Å². The Hall–Kier alpha value is -3.94. The average Bonchev–Trinajstić information content (AvgIpc) is 3.47. The molecule has 30 heavy (non-hydrogen) atoms. The summed E-state index contributed by atoms with van der Waals surface area (Å²) in [6.07, 6.45) is 3.61. The summed E-state index contributed by atoms with van der Waals surface area (Å²) in [5, 5.41) is 19.5. The predicted octanol–water partition coefficient (Wildman–Crippen LogP) is 1.76. The first-order valence-corrected chi connectivity index (χ1v) is 9.96. The van der Waals surface area contributed by atoms with Crippen molar-refractivity contribution in [2.24, 2.45) is 20.2 Å². The topological polar surface area (TPSA) is 97.6 Å². The van der Waals surface area contributed by atoms with Gasteiger partial charge in [0.15, 0.2) is 0 Å². The Labute approximate surface area is 173 Å². The molecular weight excluding hydrogens is 376 g/mol. The summed E-state index contributed by atoms with van der Waals surface area (Å²) in [5.74, 6) is 1.44. The van der Waals surface area contributed by atoms with Gasteiger partial charge in [-0.25, -0.2) is 20.8 Å². The van der Waals surface area contributed by atoms with E-state index < -0.39 is 0 Å². The summed E-state index contributed by atoms with van der Waals surface area (Å²) in [6, 6.07) is 17.0. The van der Waals surface area contributed by atoms with Gasteiger partial charge in [-0.15, -0.1) is 0 Å². The molecule has 0 bridgehead atoms. The monoisotopic (exact) mass is 398 g/mol. The summed E-state index contributed by atoms with van der Waals surface area (Å²) in [7, 11) is 0. The second-order valence-corrected chi connectivity index (χ2v) is 7.12. The van der Waals surface area contributed by atoms with Crippen LogP contribution in [0.2, 0.25) is 0 Å². The highest BCUT2D eigenvalue weighted by molar-refractivity contribution is 6.02. The molecule has 0 fully saturated rings. The van der Waals surface area contributed by atoms with Crippen molar-refractivity contribution in [3.05, 3.63) is 59.7 Å². The van der Waals surface area contributed by atoms with Crippen LogP contribution in [0, 0.1) is 0 Å². The largest absolute Gasteiger partial charge is 0.353 e. The van der Waals surface area contributed by atoms with Crippen molar-refractivity contribution in [2.45, 2.75) is 0 Å². The number of hydrogen-bond acceptors (Lipinski definition) is 8. The predicted molar refractivity (Wildman–Crippen MR) is 124 cm³/mol. The van der Waals surface area contributed by atoms with Crippen LogP contribution in [0.5, 0.6) is 0 Å². The number of fused-ring (bicyclic) bond motifs is 2. The molecule has 0 unspecified atom stereocenters. The van der Waals surface area contributed by atoms with Gasteiger partial charge in [-0.2, -0.15) is 10.2 Å². The van der Waals surface area contributed by atoms with E-state index in [2.05, 4.69) is 90.2 Å². The molecule has 4 N–H and O–H groups in total. The highest BCUT2D eigenvalue weighted by Gasteiger charge is 2.04. The van der Waals surface area contributed by atoms with Crippen molar-refractivity contribution in [3.8, 4) is 0 Å². The van der Waals surface area contributed by atoms with E-state index in [4.69, 9.17) is 0 Å². The molecule has 150 valence electrons. The van der Waals surface area contributed by atoms with E-state index in [1.165, 1.54) is 21.5 Å². The van der Waals surface area contributed by atoms with Crippen molar-refractivity contribution >= 4 is 45.9 Å². The van der Waals surface area contributed by atoms with Gasteiger partial charge >= 0.3 is 0 Å². The summed E-state index contributed by atoms with van der Waals surface area (Å²) >= 11 is 0. The molecule has 0 aliphatic carbocycles. The van der Waals surface area contributed by atoms with Crippen LogP contribution in [-0.2, 0) is 0 Å². The third-order valence-electron chi connectivity index (χ3n) is 4.96. The van der Waals surface area contributed by atoms with Crippen LogP contribution >= 0.6 is 0 Å². The quantitative estimate of drug-likeness (QED) is 0.306. The average molecular weight is 398 g/mol. The Balaban J connectivity index is 1.36. The lowest BCUT2D eigenvalue weighted by molar-refractivity contribution is 0.920. The maximum absolute atomic E-state index is 4.27. The minimum atomic E-state index is 0.720. The standard InChI is InChI=1S/C22H22N8/c1-3-17-11-18-4-2-16(14-28-30-22-25-7-8-26-22)10-20(18)12-19(17)9-15(1)13-27-29-21-23-5-6-24-21/h1-4,9-14H,5-8H2,(H2,23,24,29)(H2,25,26,30)/b27-13+,28-14+. The SMILES string of the molecule is C(=N\NC1=NCCN1)/c1ccc2cc3ccc(/C=N/NC4=NCCN4)cc3cc2c1. The summed E-state index contributed by atoms with van der Waals surface area (Å²) in [5.41, 5.74) is 7.91. The zero-order valence-corrected chi connectivity index (χ0v) is 16.4.